The van der Waals surface area contributed by atoms with E-state index in [0.717, 1.165) is 36.4 Å². The summed E-state index contributed by atoms with van der Waals surface area (Å²) in [5, 5.41) is 3.35. The molecular formula is C16H16ClNOS. The number of nitrogens with one attached hydrogen (secondary N) is 1. The Morgan fingerprint density at radius 2 is 1.80 bits per heavy atom. The number of piperidine rings is 1. The first kappa shape index (κ1) is 13.8. The number of carbonyl (C=O) groups is 1. The summed E-state index contributed by atoms with van der Waals surface area (Å²) in [6, 6.07) is 13.8. The number of carbonyl (C=O) groups excluding carboxylic acids is 1. The van der Waals surface area contributed by atoms with Gasteiger partial charge < -0.3 is 5.32 Å². The van der Waals surface area contributed by atoms with E-state index in [0.29, 0.717) is 4.34 Å². The molecule has 0 saturated carbocycles. The summed E-state index contributed by atoms with van der Waals surface area (Å²) in [4.78, 5) is 13.8. The molecule has 1 aromatic heterocycles. The maximum absolute atomic E-state index is 13.1. The lowest BCUT2D eigenvalue weighted by atomic mass is 9.69. The van der Waals surface area contributed by atoms with Crippen LogP contribution in [0.4, 0.5) is 0 Å². The van der Waals surface area contributed by atoms with Gasteiger partial charge in [0.2, 0.25) is 0 Å². The van der Waals surface area contributed by atoms with E-state index >= 15 is 0 Å². The Morgan fingerprint density at radius 3 is 2.40 bits per heavy atom. The average Bonchev–Trinajstić information content (AvgIpc) is 2.94. The van der Waals surface area contributed by atoms with E-state index in [-0.39, 0.29) is 5.78 Å². The second-order valence-electron chi connectivity index (χ2n) is 5.13. The topological polar surface area (TPSA) is 29.1 Å². The van der Waals surface area contributed by atoms with Crippen LogP contribution in [0.1, 0.15) is 28.1 Å². The standard InChI is InChI=1S/C16H16ClNOS/c17-14-7-6-13(20-14)15(19)16(8-10-18-11-9-16)12-4-2-1-3-5-12/h1-7,18H,8-11H2. The molecule has 1 aliphatic heterocycles. The van der Waals surface area contributed by atoms with Crippen LogP contribution in [0.3, 0.4) is 0 Å². The van der Waals surface area contributed by atoms with Crippen molar-refractivity contribution in [2.75, 3.05) is 13.1 Å². The van der Waals surface area contributed by atoms with Crippen molar-refractivity contribution in [3.63, 3.8) is 0 Å². The molecule has 3 rings (SSSR count). The zero-order chi connectivity index (χ0) is 14.0. The predicted octanol–water partition coefficient (Wildman–Crippen LogP) is 3.91. The van der Waals surface area contributed by atoms with Gasteiger partial charge in [-0.15, -0.1) is 11.3 Å². The molecule has 1 N–H and O–H groups in total. The Hall–Kier alpha value is -1.16. The van der Waals surface area contributed by atoms with E-state index in [4.69, 9.17) is 11.6 Å². The fraction of sp³-hybridized carbons (Fsp3) is 0.312. The van der Waals surface area contributed by atoms with Gasteiger partial charge in [-0.05, 0) is 43.6 Å². The van der Waals surface area contributed by atoms with Crippen molar-refractivity contribution in [2.24, 2.45) is 0 Å². The molecule has 2 nitrogen and oxygen atoms in total. The van der Waals surface area contributed by atoms with Gasteiger partial charge in [0.25, 0.3) is 0 Å². The maximum atomic E-state index is 13.1. The molecule has 1 fully saturated rings. The number of hydrogen-bond donors (Lipinski definition) is 1. The number of thiophene rings is 1. The highest BCUT2D eigenvalue weighted by Crippen LogP contribution is 2.38. The van der Waals surface area contributed by atoms with Gasteiger partial charge in [-0.3, -0.25) is 4.79 Å². The van der Waals surface area contributed by atoms with Crippen LogP contribution in [0.5, 0.6) is 0 Å². The average molecular weight is 306 g/mol. The number of Topliss-reactive ketones (excluding diaryl/α,β-unsaturated/α-hetero) is 1. The molecule has 0 amide bonds. The van der Waals surface area contributed by atoms with Crippen LogP contribution >= 0.6 is 22.9 Å². The summed E-state index contributed by atoms with van der Waals surface area (Å²) >= 11 is 7.37. The summed E-state index contributed by atoms with van der Waals surface area (Å²) in [6.07, 6.45) is 1.68. The molecule has 1 aromatic carbocycles. The van der Waals surface area contributed by atoms with Gasteiger partial charge in [0, 0.05) is 0 Å². The lowest BCUT2D eigenvalue weighted by molar-refractivity contribution is 0.0851. The van der Waals surface area contributed by atoms with Gasteiger partial charge >= 0.3 is 0 Å². The van der Waals surface area contributed by atoms with Gasteiger partial charge in [0.05, 0.1) is 14.6 Å². The van der Waals surface area contributed by atoms with Gasteiger partial charge in [0.15, 0.2) is 5.78 Å². The summed E-state index contributed by atoms with van der Waals surface area (Å²) in [6.45, 7) is 1.75. The van der Waals surface area contributed by atoms with Crippen LogP contribution in [0.2, 0.25) is 4.34 Å². The number of halogens is 1. The number of hydrogen-bond acceptors (Lipinski definition) is 3. The van der Waals surface area contributed by atoms with E-state index in [9.17, 15) is 4.79 Å². The van der Waals surface area contributed by atoms with E-state index in [2.05, 4.69) is 17.4 Å². The third-order valence-corrected chi connectivity index (χ3v) is 5.25. The van der Waals surface area contributed by atoms with Gasteiger partial charge in [0.1, 0.15) is 0 Å². The minimum absolute atomic E-state index is 0.210. The fourth-order valence-electron chi connectivity index (χ4n) is 2.93. The van der Waals surface area contributed by atoms with E-state index in [1.54, 1.807) is 6.07 Å². The third kappa shape index (κ3) is 2.41. The molecule has 2 aromatic rings. The van der Waals surface area contributed by atoms with Crippen molar-refractivity contribution >= 4 is 28.7 Å². The monoisotopic (exact) mass is 305 g/mol. The zero-order valence-electron chi connectivity index (χ0n) is 11.1. The van der Waals surface area contributed by atoms with Gasteiger partial charge in [-0.2, -0.15) is 0 Å². The van der Waals surface area contributed by atoms with Gasteiger partial charge in [-0.25, -0.2) is 0 Å². The number of ketones is 1. The fourth-order valence-corrected chi connectivity index (χ4v) is 4.01. The minimum Gasteiger partial charge on any atom is -0.317 e. The molecule has 2 heterocycles. The first-order valence-electron chi connectivity index (χ1n) is 6.79. The van der Waals surface area contributed by atoms with Gasteiger partial charge in [-0.1, -0.05) is 41.9 Å². The predicted molar refractivity (Wildman–Crippen MR) is 83.9 cm³/mol. The SMILES string of the molecule is O=C(c1ccc(Cl)s1)C1(c2ccccc2)CCNCC1. The summed E-state index contributed by atoms with van der Waals surface area (Å²) in [7, 11) is 0. The zero-order valence-corrected chi connectivity index (χ0v) is 12.6. The molecule has 0 spiro atoms. The van der Waals surface area contributed by atoms with E-state index in [1.165, 1.54) is 11.3 Å². The van der Waals surface area contributed by atoms with E-state index in [1.807, 2.05) is 24.3 Å². The molecule has 4 heteroatoms. The van der Waals surface area contributed by atoms with Crippen LogP contribution in [-0.2, 0) is 5.41 Å². The maximum Gasteiger partial charge on any atom is 0.183 e. The minimum atomic E-state index is -0.402. The molecule has 1 aliphatic rings. The van der Waals surface area contributed by atoms with Crippen molar-refractivity contribution in [3.8, 4) is 0 Å². The van der Waals surface area contributed by atoms with Crippen LogP contribution in [0.25, 0.3) is 0 Å². The van der Waals surface area contributed by atoms with Crippen LogP contribution < -0.4 is 5.32 Å². The summed E-state index contributed by atoms with van der Waals surface area (Å²) < 4.78 is 0.672. The molecule has 0 bridgehead atoms. The molecular weight excluding hydrogens is 290 g/mol. The lowest BCUT2D eigenvalue weighted by Gasteiger charge is -2.36. The van der Waals surface area contributed by atoms with Crippen molar-refractivity contribution in [2.45, 2.75) is 18.3 Å². The van der Waals surface area contributed by atoms with Crippen LogP contribution in [0.15, 0.2) is 42.5 Å². The highest BCUT2D eigenvalue weighted by molar-refractivity contribution is 7.18. The molecule has 0 aliphatic carbocycles. The largest absolute Gasteiger partial charge is 0.317 e. The second kappa shape index (κ2) is 5.68. The molecule has 0 unspecified atom stereocenters. The molecule has 0 radical (unpaired) electrons. The van der Waals surface area contributed by atoms with Crippen LogP contribution in [-0.4, -0.2) is 18.9 Å². The summed E-state index contributed by atoms with van der Waals surface area (Å²) in [5.74, 6) is 0.210. The first-order valence-corrected chi connectivity index (χ1v) is 7.98. The lowest BCUT2D eigenvalue weighted by Crippen LogP contribution is -2.45. The Labute approximate surface area is 127 Å². The van der Waals surface area contributed by atoms with E-state index < -0.39 is 5.41 Å². The van der Waals surface area contributed by atoms with Crippen molar-refractivity contribution in [1.82, 2.24) is 5.32 Å². The highest BCUT2D eigenvalue weighted by atomic mass is 35.5. The quantitative estimate of drug-likeness (QED) is 0.871. The Kier molecular flexibility index (Phi) is 3.92. The Balaban J connectivity index is 2.04. The van der Waals surface area contributed by atoms with Crippen molar-refractivity contribution < 1.29 is 4.79 Å². The third-order valence-electron chi connectivity index (χ3n) is 4.02. The summed E-state index contributed by atoms with van der Waals surface area (Å²) in [5.41, 5.74) is 0.719. The smallest absolute Gasteiger partial charge is 0.183 e. The van der Waals surface area contributed by atoms with Crippen molar-refractivity contribution in [1.29, 1.82) is 0 Å². The molecule has 0 atom stereocenters. The first-order chi connectivity index (χ1) is 9.72. The molecule has 104 valence electrons. The normalized spacial score (nSPS) is 17.9. The van der Waals surface area contributed by atoms with Crippen LogP contribution in [0, 0.1) is 0 Å². The Morgan fingerprint density at radius 1 is 1.10 bits per heavy atom. The molecule has 1 saturated heterocycles. The number of benzene rings is 1. The molecule has 20 heavy (non-hydrogen) atoms. The highest BCUT2D eigenvalue weighted by Gasteiger charge is 2.41. The number of rotatable bonds is 3. The second-order valence-corrected chi connectivity index (χ2v) is 6.85. The van der Waals surface area contributed by atoms with Crippen molar-refractivity contribution in [3.05, 3.63) is 57.2 Å². The Bertz CT molecular complexity index is 602.